The van der Waals surface area contributed by atoms with Crippen LogP contribution < -0.4 is 5.32 Å². The number of aromatic nitrogens is 1. The van der Waals surface area contributed by atoms with Crippen molar-refractivity contribution in [3.63, 3.8) is 0 Å². The van der Waals surface area contributed by atoms with Crippen LogP contribution >= 0.6 is 0 Å². The number of carbonyl (C=O) groups is 1. The maximum atomic E-state index is 12.4. The highest BCUT2D eigenvalue weighted by Gasteiger charge is 2.18. The van der Waals surface area contributed by atoms with Gasteiger partial charge in [0.2, 0.25) is 5.91 Å². The Labute approximate surface area is 141 Å². The summed E-state index contributed by atoms with van der Waals surface area (Å²) in [5, 5.41) is 4.04. The van der Waals surface area contributed by atoms with Gasteiger partial charge in [-0.3, -0.25) is 14.7 Å². The van der Waals surface area contributed by atoms with Crippen molar-refractivity contribution in [2.45, 2.75) is 12.5 Å². The Bertz CT molecular complexity index is 807. The quantitative estimate of drug-likeness (QED) is 0.758. The van der Waals surface area contributed by atoms with E-state index in [9.17, 15) is 4.79 Å². The third-order valence-electron chi connectivity index (χ3n) is 4.05. The second-order valence-corrected chi connectivity index (χ2v) is 5.97. The number of hydrogen-bond acceptors (Lipinski definition) is 4. The van der Waals surface area contributed by atoms with Crippen molar-refractivity contribution < 1.29 is 9.21 Å². The molecule has 5 nitrogen and oxygen atoms in total. The molecule has 2 aromatic heterocycles. The van der Waals surface area contributed by atoms with E-state index in [0.29, 0.717) is 13.0 Å². The second kappa shape index (κ2) is 7.27. The van der Waals surface area contributed by atoms with Gasteiger partial charge in [0, 0.05) is 18.1 Å². The molecule has 2 heterocycles. The molecule has 24 heavy (non-hydrogen) atoms. The Morgan fingerprint density at radius 3 is 2.79 bits per heavy atom. The van der Waals surface area contributed by atoms with Crippen LogP contribution in [0, 0.1) is 0 Å². The molecule has 0 radical (unpaired) electrons. The Hall–Kier alpha value is -2.66. The fourth-order valence-electron chi connectivity index (χ4n) is 2.77. The Morgan fingerprint density at radius 1 is 1.21 bits per heavy atom. The molecule has 3 aromatic rings. The van der Waals surface area contributed by atoms with Crippen LogP contribution in [0.25, 0.3) is 10.9 Å². The number of nitrogens with one attached hydrogen (secondary N) is 1. The molecule has 1 unspecified atom stereocenters. The van der Waals surface area contributed by atoms with Crippen molar-refractivity contribution >= 4 is 16.8 Å². The highest BCUT2D eigenvalue weighted by Crippen LogP contribution is 2.18. The average molecular weight is 323 g/mol. The summed E-state index contributed by atoms with van der Waals surface area (Å²) in [7, 11) is 3.93. The van der Waals surface area contributed by atoms with Crippen molar-refractivity contribution in [1.82, 2.24) is 15.2 Å². The number of benzene rings is 1. The van der Waals surface area contributed by atoms with Gasteiger partial charge >= 0.3 is 0 Å². The molecule has 0 saturated carbocycles. The molecule has 5 heteroatoms. The molecule has 0 spiro atoms. The van der Waals surface area contributed by atoms with Gasteiger partial charge in [-0.15, -0.1) is 0 Å². The summed E-state index contributed by atoms with van der Waals surface area (Å²) in [4.78, 5) is 18.8. The lowest BCUT2D eigenvalue weighted by molar-refractivity contribution is -0.120. The summed E-state index contributed by atoms with van der Waals surface area (Å²) in [6, 6.07) is 13.6. The van der Waals surface area contributed by atoms with E-state index in [1.165, 1.54) is 0 Å². The molecule has 0 aliphatic carbocycles. The Morgan fingerprint density at radius 2 is 2.04 bits per heavy atom. The summed E-state index contributed by atoms with van der Waals surface area (Å²) >= 11 is 0. The molecule has 1 atom stereocenters. The number of rotatable bonds is 6. The van der Waals surface area contributed by atoms with Gasteiger partial charge in [-0.1, -0.05) is 24.3 Å². The van der Waals surface area contributed by atoms with Gasteiger partial charge in [-0.2, -0.15) is 0 Å². The first kappa shape index (κ1) is 16.2. The van der Waals surface area contributed by atoms with Crippen LogP contribution in [0.5, 0.6) is 0 Å². The number of pyridine rings is 1. The molecule has 1 amide bonds. The molecule has 1 N–H and O–H groups in total. The van der Waals surface area contributed by atoms with Crippen LogP contribution in [-0.4, -0.2) is 36.4 Å². The number of carbonyl (C=O) groups excluding carboxylic acids is 1. The van der Waals surface area contributed by atoms with Crippen molar-refractivity contribution in [2.24, 2.45) is 0 Å². The maximum absolute atomic E-state index is 12.4. The van der Waals surface area contributed by atoms with Crippen molar-refractivity contribution in [1.29, 1.82) is 0 Å². The SMILES string of the molecule is CN(C)C(CNC(=O)Cc1cccc2cccnc12)c1ccco1. The molecule has 0 bridgehead atoms. The minimum atomic E-state index is -0.0217. The minimum absolute atomic E-state index is 0.00888. The standard InChI is InChI=1S/C19H21N3O2/c1-22(2)16(17-9-5-11-24-17)13-21-18(23)12-15-7-3-6-14-8-4-10-20-19(14)15/h3-11,16H,12-13H2,1-2H3,(H,21,23). The monoisotopic (exact) mass is 323 g/mol. The maximum Gasteiger partial charge on any atom is 0.224 e. The lowest BCUT2D eigenvalue weighted by Crippen LogP contribution is -2.35. The van der Waals surface area contributed by atoms with Crippen molar-refractivity contribution in [3.05, 3.63) is 66.2 Å². The number of para-hydroxylation sites is 1. The summed E-state index contributed by atoms with van der Waals surface area (Å²) in [6.07, 6.45) is 3.71. The van der Waals surface area contributed by atoms with E-state index in [0.717, 1.165) is 22.2 Å². The molecular formula is C19H21N3O2. The van der Waals surface area contributed by atoms with E-state index >= 15 is 0 Å². The van der Waals surface area contributed by atoms with Crippen molar-refractivity contribution in [3.8, 4) is 0 Å². The van der Waals surface area contributed by atoms with Crippen molar-refractivity contribution in [2.75, 3.05) is 20.6 Å². The van der Waals surface area contributed by atoms with Crippen LogP contribution in [0.4, 0.5) is 0 Å². The predicted molar refractivity (Wildman–Crippen MR) is 93.6 cm³/mol. The first-order valence-electron chi connectivity index (χ1n) is 7.94. The predicted octanol–water partition coefficient (Wildman–Crippen LogP) is 2.79. The van der Waals surface area contributed by atoms with Crippen LogP contribution in [-0.2, 0) is 11.2 Å². The fraction of sp³-hybridized carbons (Fsp3) is 0.263. The van der Waals surface area contributed by atoms with Gasteiger partial charge in [0.1, 0.15) is 5.76 Å². The largest absolute Gasteiger partial charge is 0.468 e. The molecule has 0 fully saturated rings. The van der Waals surface area contributed by atoms with Gasteiger partial charge in [-0.25, -0.2) is 0 Å². The zero-order valence-electron chi connectivity index (χ0n) is 13.9. The summed E-state index contributed by atoms with van der Waals surface area (Å²) in [6.45, 7) is 0.498. The summed E-state index contributed by atoms with van der Waals surface area (Å²) in [5.74, 6) is 0.818. The van der Waals surface area contributed by atoms with Gasteiger partial charge in [0.15, 0.2) is 0 Å². The van der Waals surface area contributed by atoms with Gasteiger partial charge in [0.05, 0.1) is 24.2 Å². The average Bonchev–Trinajstić information content (AvgIpc) is 3.09. The zero-order chi connectivity index (χ0) is 16.9. The minimum Gasteiger partial charge on any atom is -0.468 e. The lowest BCUT2D eigenvalue weighted by atomic mass is 10.1. The highest BCUT2D eigenvalue weighted by molar-refractivity contribution is 5.87. The molecule has 0 aliphatic heterocycles. The summed E-state index contributed by atoms with van der Waals surface area (Å²) in [5.41, 5.74) is 1.82. The first-order valence-corrected chi connectivity index (χ1v) is 7.94. The molecular weight excluding hydrogens is 302 g/mol. The number of fused-ring (bicyclic) bond motifs is 1. The van der Waals surface area contributed by atoms with Crippen LogP contribution in [0.15, 0.2) is 59.3 Å². The van der Waals surface area contributed by atoms with Crippen LogP contribution in [0.2, 0.25) is 0 Å². The number of amides is 1. The molecule has 3 rings (SSSR count). The van der Waals surface area contributed by atoms with E-state index in [1.54, 1.807) is 12.5 Å². The molecule has 0 aliphatic rings. The fourth-order valence-corrected chi connectivity index (χ4v) is 2.77. The van der Waals surface area contributed by atoms with Gasteiger partial charge in [0.25, 0.3) is 0 Å². The number of nitrogens with zero attached hydrogens (tertiary/aromatic N) is 2. The molecule has 1 aromatic carbocycles. The zero-order valence-corrected chi connectivity index (χ0v) is 13.9. The van der Waals surface area contributed by atoms with E-state index in [-0.39, 0.29) is 11.9 Å². The smallest absolute Gasteiger partial charge is 0.224 e. The normalized spacial score (nSPS) is 12.5. The second-order valence-electron chi connectivity index (χ2n) is 5.97. The van der Waals surface area contributed by atoms with E-state index < -0.39 is 0 Å². The number of likely N-dealkylation sites (N-methyl/N-ethyl adjacent to an activating group) is 1. The lowest BCUT2D eigenvalue weighted by Gasteiger charge is -2.22. The van der Waals surface area contributed by atoms with Crippen LogP contribution in [0.3, 0.4) is 0 Å². The summed E-state index contributed by atoms with van der Waals surface area (Å²) < 4.78 is 5.46. The van der Waals surface area contributed by atoms with Crippen LogP contribution in [0.1, 0.15) is 17.4 Å². The van der Waals surface area contributed by atoms with Gasteiger partial charge < -0.3 is 9.73 Å². The third-order valence-corrected chi connectivity index (χ3v) is 4.05. The Kier molecular flexibility index (Phi) is 4.91. The van der Waals surface area contributed by atoms with Gasteiger partial charge in [-0.05, 0) is 37.9 Å². The first-order chi connectivity index (χ1) is 11.6. The van der Waals surface area contributed by atoms with E-state index in [2.05, 4.69) is 10.3 Å². The Balaban J connectivity index is 1.67. The topological polar surface area (TPSA) is 58.4 Å². The van der Waals surface area contributed by atoms with E-state index in [1.807, 2.05) is 61.5 Å². The number of hydrogen-bond donors (Lipinski definition) is 1. The number of furan rings is 1. The third kappa shape index (κ3) is 3.63. The molecule has 124 valence electrons. The highest BCUT2D eigenvalue weighted by atomic mass is 16.3. The van der Waals surface area contributed by atoms with E-state index in [4.69, 9.17) is 4.42 Å². The molecule has 0 saturated heterocycles.